The van der Waals surface area contributed by atoms with Crippen molar-refractivity contribution in [1.82, 2.24) is 15.2 Å². The van der Waals surface area contributed by atoms with E-state index in [2.05, 4.69) is 10.3 Å². The summed E-state index contributed by atoms with van der Waals surface area (Å²) < 4.78 is 13.4. The Morgan fingerprint density at radius 1 is 1.42 bits per heavy atom. The van der Waals surface area contributed by atoms with Crippen molar-refractivity contribution in [2.75, 3.05) is 13.1 Å². The summed E-state index contributed by atoms with van der Waals surface area (Å²) in [6, 6.07) is 1.34. The lowest BCUT2D eigenvalue weighted by Gasteiger charge is -2.31. The average molecular weight is 265 g/mol. The summed E-state index contributed by atoms with van der Waals surface area (Å²) in [5.41, 5.74) is 0.00370. The molecular formula is C13H16FN3O2. The maximum Gasteiger partial charge on any atom is 0.254 e. The van der Waals surface area contributed by atoms with Gasteiger partial charge in [-0.2, -0.15) is 0 Å². The van der Waals surface area contributed by atoms with Crippen molar-refractivity contribution in [2.24, 2.45) is 0 Å². The molecule has 1 fully saturated rings. The van der Waals surface area contributed by atoms with E-state index in [4.69, 9.17) is 0 Å². The fourth-order valence-electron chi connectivity index (χ4n) is 2.16. The lowest BCUT2D eigenvalue weighted by Crippen LogP contribution is -2.46. The molecule has 0 atom stereocenters. The van der Waals surface area contributed by atoms with Crippen LogP contribution in [-0.2, 0) is 4.79 Å². The number of hydrogen-bond acceptors (Lipinski definition) is 3. The molecule has 0 unspecified atom stereocenters. The Morgan fingerprint density at radius 3 is 2.68 bits per heavy atom. The van der Waals surface area contributed by atoms with Crippen LogP contribution >= 0.6 is 0 Å². The van der Waals surface area contributed by atoms with Crippen molar-refractivity contribution in [2.45, 2.75) is 25.8 Å². The number of rotatable bonds is 2. The lowest BCUT2D eigenvalue weighted by atomic mass is 10.0. The highest BCUT2D eigenvalue weighted by Crippen LogP contribution is 2.12. The van der Waals surface area contributed by atoms with Gasteiger partial charge in [-0.05, 0) is 18.9 Å². The number of piperidine rings is 1. The normalized spacial score (nSPS) is 16.2. The second-order valence-corrected chi connectivity index (χ2v) is 4.61. The van der Waals surface area contributed by atoms with Crippen LogP contribution in [0, 0.1) is 5.82 Å². The zero-order chi connectivity index (χ0) is 13.8. The monoisotopic (exact) mass is 265 g/mol. The van der Waals surface area contributed by atoms with Crippen molar-refractivity contribution in [3.63, 3.8) is 0 Å². The van der Waals surface area contributed by atoms with E-state index in [0.717, 1.165) is 6.20 Å². The first kappa shape index (κ1) is 13.5. The summed E-state index contributed by atoms with van der Waals surface area (Å²) in [7, 11) is 0. The van der Waals surface area contributed by atoms with Crippen LogP contribution in [0.1, 0.15) is 30.1 Å². The lowest BCUT2D eigenvalue weighted by molar-refractivity contribution is -0.129. The number of halogens is 1. The van der Waals surface area contributed by atoms with Crippen LogP contribution in [0.15, 0.2) is 18.5 Å². The Hall–Kier alpha value is -1.98. The van der Waals surface area contributed by atoms with Gasteiger partial charge in [-0.3, -0.25) is 14.6 Å². The summed E-state index contributed by atoms with van der Waals surface area (Å²) in [6.07, 6.45) is 3.79. The molecule has 1 N–H and O–H groups in total. The number of carbonyl (C=O) groups excluding carboxylic acids is 2. The third-order valence-electron chi connectivity index (χ3n) is 3.29. The molecular weight excluding hydrogens is 249 g/mol. The molecule has 5 nitrogen and oxygen atoms in total. The number of hydrogen-bond donors (Lipinski definition) is 1. The van der Waals surface area contributed by atoms with E-state index in [1.165, 1.54) is 19.2 Å². The maximum atomic E-state index is 13.4. The van der Waals surface area contributed by atoms with Gasteiger partial charge in [-0.25, -0.2) is 4.39 Å². The van der Waals surface area contributed by atoms with Gasteiger partial charge < -0.3 is 10.2 Å². The molecule has 1 aliphatic rings. The molecule has 2 amide bonds. The number of amides is 2. The first-order chi connectivity index (χ1) is 9.08. The minimum Gasteiger partial charge on any atom is -0.349 e. The van der Waals surface area contributed by atoms with Gasteiger partial charge in [0.15, 0.2) is 5.82 Å². The van der Waals surface area contributed by atoms with Crippen molar-refractivity contribution in [3.05, 3.63) is 29.8 Å². The van der Waals surface area contributed by atoms with E-state index in [-0.39, 0.29) is 17.5 Å². The van der Waals surface area contributed by atoms with E-state index >= 15 is 0 Å². The number of aromatic nitrogens is 1. The summed E-state index contributed by atoms with van der Waals surface area (Å²) in [5, 5.41) is 2.79. The SMILES string of the molecule is CC(=O)N1CCC(NC(=O)c2ccncc2F)CC1. The van der Waals surface area contributed by atoms with Gasteiger partial charge >= 0.3 is 0 Å². The van der Waals surface area contributed by atoms with Crippen LogP contribution in [-0.4, -0.2) is 40.8 Å². The molecule has 6 heteroatoms. The van der Waals surface area contributed by atoms with Crippen LogP contribution in [0.5, 0.6) is 0 Å². The summed E-state index contributed by atoms with van der Waals surface area (Å²) in [5.74, 6) is -1.01. The van der Waals surface area contributed by atoms with Crippen LogP contribution in [0.4, 0.5) is 4.39 Å². The second kappa shape index (κ2) is 5.77. The minimum absolute atomic E-state index is 0.00370. The fourth-order valence-corrected chi connectivity index (χ4v) is 2.16. The third kappa shape index (κ3) is 3.27. The molecule has 102 valence electrons. The number of likely N-dealkylation sites (tertiary alicyclic amines) is 1. The van der Waals surface area contributed by atoms with Gasteiger partial charge in [0.1, 0.15) is 0 Å². The third-order valence-corrected chi connectivity index (χ3v) is 3.29. The second-order valence-electron chi connectivity index (χ2n) is 4.61. The molecule has 0 aromatic carbocycles. The van der Waals surface area contributed by atoms with Gasteiger partial charge in [0.05, 0.1) is 11.8 Å². The van der Waals surface area contributed by atoms with E-state index in [1.54, 1.807) is 4.90 Å². The van der Waals surface area contributed by atoms with Gasteiger partial charge in [0.2, 0.25) is 5.91 Å². The zero-order valence-electron chi connectivity index (χ0n) is 10.7. The Labute approximate surface area is 110 Å². The summed E-state index contributed by atoms with van der Waals surface area (Å²) in [6.45, 7) is 2.78. The quantitative estimate of drug-likeness (QED) is 0.866. The number of nitrogens with one attached hydrogen (secondary N) is 1. The fraction of sp³-hybridized carbons (Fsp3) is 0.462. The number of carbonyl (C=O) groups is 2. The predicted octanol–water partition coefficient (Wildman–Crippen LogP) is 0.961. The van der Waals surface area contributed by atoms with Gasteiger partial charge in [-0.15, -0.1) is 0 Å². The molecule has 0 spiro atoms. The van der Waals surface area contributed by atoms with Crippen molar-refractivity contribution < 1.29 is 14.0 Å². The molecule has 1 aromatic rings. The van der Waals surface area contributed by atoms with Crippen LogP contribution in [0.2, 0.25) is 0 Å². The van der Waals surface area contributed by atoms with E-state index < -0.39 is 11.7 Å². The van der Waals surface area contributed by atoms with Crippen molar-refractivity contribution >= 4 is 11.8 Å². The number of pyridine rings is 1. The Bertz CT molecular complexity index is 485. The molecule has 0 bridgehead atoms. The molecule has 2 heterocycles. The minimum atomic E-state index is -0.624. The van der Waals surface area contributed by atoms with Gasteiger partial charge in [0.25, 0.3) is 5.91 Å². The van der Waals surface area contributed by atoms with Crippen LogP contribution in [0.25, 0.3) is 0 Å². The van der Waals surface area contributed by atoms with Crippen LogP contribution < -0.4 is 5.32 Å². The van der Waals surface area contributed by atoms with E-state index in [9.17, 15) is 14.0 Å². The molecule has 0 saturated carbocycles. The summed E-state index contributed by atoms with van der Waals surface area (Å²) in [4.78, 5) is 28.4. The van der Waals surface area contributed by atoms with Crippen molar-refractivity contribution in [1.29, 1.82) is 0 Å². The molecule has 1 aliphatic heterocycles. The number of nitrogens with zero attached hydrogens (tertiary/aromatic N) is 2. The zero-order valence-corrected chi connectivity index (χ0v) is 10.7. The highest BCUT2D eigenvalue weighted by molar-refractivity contribution is 5.94. The van der Waals surface area contributed by atoms with E-state index in [0.29, 0.717) is 25.9 Å². The predicted molar refractivity (Wildman–Crippen MR) is 66.9 cm³/mol. The first-order valence-electron chi connectivity index (χ1n) is 6.24. The van der Waals surface area contributed by atoms with Crippen molar-refractivity contribution in [3.8, 4) is 0 Å². The smallest absolute Gasteiger partial charge is 0.254 e. The topological polar surface area (TPSA) is 62.3 Å². The van der Waals surface area contributed by atoms with Crippen LogP contribution in [0.3, 0.4) is 0 Å². The highest BCUT2D eigenvalue weighted by atomic mass is 19.1. The maximum absolute atomic E-state index is 13.4. The molecule has 1 aromatic heterocycles. The largest absolute Gasteiger partial charge is 0.349 e. The molecule has 0 radical (unpaired) electrons. The summed E-state index contributed by atoms with van der Waals surface area (Å²) >= 11 is 0. The molecule has 0 aliphatic carbocycles. The average Bonchev–Trinajstić information content (AvgIpc) is 2.39. The first-order valence-corrected chi connectivity index (χ1v) is 6.24. The molecule has 2 rings (SSSR count). The van der Waals surface area contributed by atoms with Gasteiger partial charge in [0, 0.05) is 32.3 Å². The molecule has 19 heavy (non-hydrogen) atoms. The van der Waals surface area contributed by atoms with Gasteiger partial charge in [-0.1, -0.05) is 0 Å². The Balaban J connectivity index is 1.91. The standard InChI is InChI=1S/C13H16FN3O2/c1-9(18)17-6-3-10(4-7-17)16-13(19)11-2-5-15-8-12(11)14/h2,5,8,10H,3-4,6-7H2,1H3,(H,16,19). The highest BCUT2D eigenvalue weighted by Gasteiger charge is 2.23. The Morgan fingerprint density at radius 2 is 2.11 bits per heavy atom. The van der Waals surface area contributed by atoms with E-state index in [1.807, 2.05) is 0 Å². The Kier molecular flexibility index (Phi) is 4.09. The molecule has 1 saturated heterocycles.